The Morgan fingerprint density at radius 3 is 2.76 bits per heavy atom. The van der Waals surface area contributed by atoms with Crippen LogP contribution in [-0.2, 0) is 26.3 Å². The molecular weight excluding hydrogens is 574 g/mol. The highest BCUT2D eigenvalue weighted by Gasteiger charge is 2.54. The van der Waals surface area contributed by atoms with Crippen LogP contribution in [0.5, 0.6) is 5.88 Å². The smallest absolute Gasteiger partial charge is 0.407 e. The number of aromatic nitrogens is 4. The number of nitrogens with one attached hydrogen (secondary N) is 1. The van der Waals surface area contributed by atoms with Gasteiger partial charge in [0.15, 0.2) is 16.0 Å². The zero-order valence-electron chi connectivity index (χ0n) is 18.9. The number of aliphatic carboxylic acids is 1. The molecule has 2 aliphatic heterocycles. The first kappa shape index (κ1) is 27.3. The van der Waals surface area contributed by atoms with Crippen molar-refractivity contribution in [2.45, 2.75) is 23.2 Å². The molecule has 2 aromatic rings. The van der Waals surface area contributed by atoms with Crippen LogP contribution in [0.2, 0.25) is 0 Å². The molecule has 202 valence electrons. The monoisotopic (exact) mass is 590 g/mol. The number of thioether (sulfide) groups is 2. The molecule has 2 amide bonds. The van der Waals surface area contributed by atoms with Crippen molar-refractivity contribution in [3.8, 4) is 5.88 Å². The van der Waals surface area contributed by atoms with E-state index in [1.165, 1.54) is 12.4 Å². The molecule has 1 saturated heterocycles. The number of β-lactam (4-membered cyclic amide) rings is 1. The number of oxime groups is 1. The minimum atomic E-state index is -3.32. The van der Waals surface area contributed by atoms with Crippen LogP contribution >= 0.6 is 34.9 Å². The summed E-state index contributed by atoms with van der Waals surface area (Å²) >= 11 is 3.06. The van der Waals surface area contributed by atoms with Crippen molar-refractivity contribution in [1.29, 1.82) is 0 Å². The number of thiazole rings is 1. The van der Waals surface area contributed by atoms with E-state index in [-0.39, 0.29) is 33.2 Å². The molecule has 0 bridgehead atoms. The molecule has 5 N–H and O–H groups in total. The number of halogens is 2. The maximum Gasteiger partial charge on any atom is 0.407 e. The lowest BCUT2D eigenvalue weighted by Gasteiger charge is -2.49. The second-order valence-electron chi connectivity index (χ2n) is 7.43. The molecule has 2 aromatic heterocycles. The summed E-state index contributed by atoms with van der Waals surface area (Å²) in [5.74, 6) is -3.80. The molecule has 0 saturated carbocycles. The predicted molar refractivity (Wildman–Crippen MR) is 129 cm³/mol. The van der Waals surface area contributed by atoms with Gasteiger partial charge < -0.3 is 26.1 Å². The van der Waals surface area contributed by atoms with E-state index in [0.717, 1.165) is 44.4 Å². The summed E-state index contributed by atoms with van der Waals surface area (Å²) in [5.41, 5.74) is 3.84. The second-order valence-corrected chi connectivity index (χ2v) is 10.4. The van der Waals surface area contributed by atoms with Gasteiger partial charge in [-0.3, -0.25) is 19.3 Å². The van der Waals surface area contributed by atoms with E-state index in [9.17, 15) is 38.2 Å². The SMILES string of the molecule is Cn1nc(O)c(=O)nc1SCC1=C(C(=O)O)N2C(=O)C(NC(=O)C(=NOC(F)F)c3csc(N)n3)[C@@H]2SC1. The highest BCUT2D eigenvalue weighted by Crippen LogP contribution is 2.41. The van der Waals surface area contributed by atoms with Crippen LogP contribution < -0.4 is 16.6 Å². The Balaban J connectivity index is 1.51. The number of alkyl halides is 2. The molecule has 15 nitrogen and oxygen atoms in total. The molecule has 0 radical (unpaired) electrons. The second kappa shape index (κ2) is 10.9. The number of hydrogen-bond donors (Lipinski definition) is 4. The first-order chi connectivity index (χ1) is 18.0. The fourth-order valence-electron chi connectivity index (χ4n) is 3.41. The van der Waals surface area contributed by atoms with Gasteiger partial charge in [0.05, 0.1) is 0 Å². The summed E-state index contributed by atoms with van der Waals surface area (Å²) in [7, 11) is 1.43. The lowest BCUT2D eigenvalue weighted by atomic mass is 10.0. The average Bonchev–Trinajstić information content (AvgIpc) is 3.28. The van der Waals surface area contributed by atoms with Gasteiger partial charge in [0.25, 0.3) is 17.7 Å². The first-order valence-corrected chi connectivity index (χ1v) is 13.1. The van der Waals surface area contributed by atoms with E-state index in [0.29, 0.717) is 5.57 Å². The number of carboxylic acids is 1. The summed E-state index contributed by atoms with van der Waals surface area (Å²) in [5, 5.41) is 28.9. The number of anilines is 1. The van der Waals surface area contributed by atoms with Gasteiger partial charge in [-0.1, -0.05) is 16.9 Å². The summed E-state index contributed by atoms with van der Waals surface area (Å²) in [4.78, 5) is 61.7. The molecule has 2 aliphatic rings. The number of aromatic hydroxyl groups is 1. The standard InChI is InChI=1S/C18H16F2N8O7S3/c1-27-18(24-11(30)12(31)25-27)38-3-5-2-36-14-8(13(32)28(14)9(5)15(33)34)23-10(29)7(26-35-16(19)20)6-4-37-17(21)22-6/h4,8,14,16H,2-3H2,1H3,(H2,21,22)(H,23,29)(H,25,31)(H,33,34)/t8?,14-/m0/s1. The van der Waals surface area contributed by atoms with Crippen molar-refractivity contribution in [2.75, 3.05) is 17.2 Å². The van der Waals surface area contributed by atoms with Crippen LogP contribution in [0.4, 0.5) is 13.9 Å². The molecule has 1 fully saturated rings. The number of nitrogens with zero attached hydrogens (tertiary/aromatic N) is 6. The molecule has 2 atom stereocenters. The number of aryl methyl sites for hydroxylation is 1. The van der Waals surface area contributed by atoms with Crippen LogP contribution in [0.25, 0.3) is 0 Å². The molecule has 1 unspecified atom stereocenters. The summed E-state index contributed by atoms with van der Waals surface area (Å²) in [6, 6.07) is -1.19. The molecule has 20 heteroatoms. The number of rotatable bonds is 9. The van der Waals surface area contributed by atoms with E-state index in [1.54, 1.807) is 0 Å². The Hall–Kier alpha value is -3.78. The van der Waals surface area contributed by atoms with E-state index in [4.69, 9.17) is 5.73 Å². The topological polar surface area (TPSA) is 215 Å². The number of carbonyl (C=O) groups excluding carboxylic acids is 2. The first-order valence-electron chi connectivity index (χ1n) is 10.2. The van der Waals surface area contributed by atoms with Gasteiger partial charge >= 0.3 is 18.1 Å². The fraction of sp³-hybridized carbons (Fsp3) is 0.333. The maximum atomic E-state index is 12.9. The third-order valence-electron chi connectivity index (χ3n) is 5.03. The minimum Gasteiger partial charge on any atom is -0.488 e. The minimum absolute atomic E-state index is 0.0297. The van der Waals surface area contributed by atoms with E-state index < -0.39 is 53.0 Å². The number of amides is 2. The number of nitrogen functional groups attached to an aromatic ring is 1. The zero-order chi connectivity index (χ0) is 27.7. The Morgan fingerprint density at radius 1 is 1.39 bits per heavy atom. The van der Waals surface area contributed by atoms with Crippen molar-refractivity contribution in [2.24, 2.45) is 12.2 Å². The Bertz CT molecular complexity index is 1430. The summed E-state index contributed by atoms with van der Waals surface area (Å²) < 4.78 is 26.2. The Labute approximate surface area is 222 Å². The zero-order valence-corrected chi connectivity index (χ0v) is 21.4. The van der Waals surface area contributed by atoms with Gasteiger partial charge in [0, 0.05) is 23.9 Å². The fourth-order valence-corrected chi connectivity index (χ4v) is 6.35. The number of nitrogens with two attached hydrogens (primary N) is 1. The third-order valence-corrected chi connectivity index (χ3v) is 8.15. The molecule has 38 heavy (non-hydrogen) atoms. The number of fused-ring (bicyclic) bond motifs is 1. The third kappa shape index (κ3) is 5.41. The summed E-state index contributed by atoms with van der Waals surface area (Å²) in [6.07, 6.45) is 0. The quantitative estimate of drug-likeness (QED) is 0.124. The largest absolute Gasteiger partial charge is 0.488 e. The van der Waals surface area contributed by atoms with Gasteiger partial charge in [-0.15, -0.1) is 28.2 Å². The molecule has 4 heterocycles. The number of hydrogen-bond acceptors (Lipinski definition) is 14. The van der Waals surface area contributed by atoms with Gasteiger partial charge in [-0.2, -0.15) is 13.8 Å². The van der Waals surface area contributed by atoms with E-state index in [1.807, 2.05) is 0 Å². The van der Waals surface area contributed by atoms with Crippen LogP contribution in [0.3, 0.4) is 0 Å². The molecule has 0 spiro atoms. The van der Waals surface area contributed by atoms with Crippen LogP contribution in [-0.4, -0.2) is 87.9 Å². The average molecular weight is 591 g/mol. The van der Waals surface area contributed by atoms with Crippen molar-refractivity contribution in [3.05, 3.63) is 32.7 Å². The summed E-state index contributed by atoms with van der Waals surface area (Å²) in [6.45, 7) is -3.32. The Morgan fingerprint density at radius 2 is 2.13 bits per heavy atom. The van der Waals surface area contributed by atoms with Crippen LogP contribution in [0.1, 0.15) is 5.69 Å². The number of carboxylic acid groups (broad SMARTS) is 1. The van der Waals surface area contributed by atoms with Crippen LogP contribution in [0, 0.1) is 0 Å². The maximum absolute atomic E-state index is 12.9. The van der Waals surface area contributed by atoms with Crippen molar-refractivity contribution in [3.63, 3.8) is 0 Å². The normalized spacial score (nSPS) is 19.3. The van der Waals surface area contributed by atoms with E-state index in [2.05, 4.69) is 30.4 Å². The van der Waals surface area contributed by atoms with Crippen molar-refractivity contribution < 1.29 is 38.2 Å². The molecule has 0 aliphatic carbocycles. The van der Waals surface area contributed by atoms with Gasteiger partial charge in [-0.25, -0.2) is 14.5 Å². The Kier molecular flexibility index (Phi) is 7.83. The number of carbonyl (C=O) groups is 3. The highest BCUT2D eigenvalue weighted by atomic mass is 32.2. The highest BCUT2D eigenvalue weighted by molar-refractivity contribution is 8.01. The van der Waals surface area contributed by atoms with Gasteiger partial charge in [0.2, 0.25) is 0 Å². The molecule has 4 rings (SSSR count). The predicted octanol–water partition coefficient (Wildman–Crippen LogP) is -0.606. The van der Waals surface area contributed by atoms with Crippen molar-refractivity contribution in [1.82, 2.24) is 30.0 Å². The van der Waals surface area contributed by atoms with Crippen molar-refractivity contribution >= 4 is 63.5 Å². The lowest BCUT2D eigenvalue weighted by molar-refractivity contribution is -0.150. The lowest BCUT2D eigenvalue weighted by Crippen LogP contribution is -2.71. The van der Waals surface area contributed by atoms with E-state index >= 15 is 0 Å². The van der Waals surface area contributed by atoms with Gasteiger partial charge in [0.1, 0.15) is 22.8 Å². The molecular formula is C18H16F2N8O7S3. The van der Waals surface area contributed by atoms with Gasteiger partial charge in [-0.05, 0) is 5.57 Å². The van der Waals surface area contributed by atoms with Crippen LogP contribution in [0.15, 0.2) is 31.8 Å². The molecule has 0 aromatic carbocycles.